The molecule has 0 spiro atoms. The van der Waals surface area contributed by atoms with Gasteiger partial charge in [-0.25, -0.2) is 4.39 Å². The van der Waals surface area contributed by atoms with Crippen LogP contribution in [-0.2, 0) is 14.3 Å². The number of carbonyl (C=O) groups is 2. The second kappa shape index (κ2) is 7.31. The lowest BCUT2D eigenvalue weighted by Crippen LogP contribution is -2.33. The van der Waals surface area contributed by atoms with E-state index in [1.54, 1.807) is 25.1 Å². The van der Waals surface area contributed by atoms with Crippen molar-refractivity contribution < 1.29 is 18.7 Å². The summed E-state index contributed by atoms with van der Waals surface area (Å²) in [5, 5.41) is 2.63. The van der Waals surface area contributed by atoms with E-state index in [2.05, 4.69) is 10.1 Å². The minimum absolute atomic E-state index is 0.118. The molecule has 0 saturated carbocycles. The van der Waals surface area contributed by atoms with Crippen molar-refractivity contribution in [1.29, 1.82) is 0 Å². The fourth-order valence-electron chi connectivity index (χ4n) is 1.42. The third-order valence-corrected chi connectivity index (χ3v) is 2.39. The predicted molar refractivity (Wildman–Crippen MR) is 69.7 cm³/mol. The Morgan fingerprint density at radius 2 is 2.00 bits per heavy atom. The predicted octanol–water partition coefficient (Wildman–Crippen LogP) is 1.91. The zero-order valence-electron chi connectivity index (χ0n) is 10.9. The summed E-state index contributed by atoms with van der Waals surface area (Å²) in [6.45, 7) is 1.71. The smallest absolute Gasteiger partial charge is 0.307 e. The number of benzene rings is 1. The van der Waals surface area contributed by atoms with Gasteiger partial charge in [0.25, 0.3) is 0 Å². The molecule has 0 aliphatic rings. The molecule has 0 radical (unpaired) electrons. The van der Waals surface area contributed by atoms with Crippen LogP contribution in [0.25, 0.3) is 6.08 Å². The van der Waals surface area contributed by atoms with Crippen LogP contribution in [0.15, 0.2) is 30.3 Å². The van der Waals surface area contributed by atoms with Gasteiger partial charge in [-0.3, -0.25) is 9.59 Å². The molecule has 0 aliphatic carbocycles. The van der Waals surface area contributed by atoms with Gasteiger partial charge in [-0.2, -0.15) is 0 Å². The Morgan fingerprint density at radius 3 is 2.58 bits per heavy atom. The normalized spacial score (nSPS) is 12.2. The number of halogens is 1. The van der Waals surface area contributed by atoms with Gasteiger partial charge in [0.1, 0.15) is 5.82 Å². The maximum absolute atomic E-state index is 12.7. The molecule has 1 amide bonds. The van der Waals surface area contributed by atoms with Crippen molar-refractivity contribution in [3.8, 4) is 0 Å². The van der Waals surface area contributed by atoms with E-state index in [4.69, 9.17) is 0 Å². The Hall–Kier alpha value is -2.17. The summed E-state index contributed by atoms with van der Waals surface area (Å²) in [5.41, 5.74) is 0.720. The number of rotatable bonds is 5. The minimum atomic E-state index is -0.379. The zero-order chi connectivity index (χ0) is 14.3. The van der Waals surface area contributed by atoms with E-state index in [0.29, 0.717) is 0 Å². The van der Waals surface area contributed by atoms with E-state index in [-0.39, 0.29) is 30.2 Å². The third kappa shape index (κ3) is 5.81. The van der Waals surface area contributed by atoms with Crippen LogP contribution >= 0.6 is 0 Å². The highest BCUT2D eigenvalue weighted by Crippen LogP contribution is 2.04. The number of amides is 1. The molecule has 0 fully saturated rings. The summed E-state index contributed by atoms with van der Waals surface area (Å²) in [6, 6.07) is 5.46. The maximum atomic E-state index is 12.7. The van der Waals surface area contributed by atoms with Crippen molar-refractivity contribution in [2.75, 3.05) is 7.11 Å². The van der Waals surface area contributed by atoms with Gasteiger partial charge in [0, 0.05) is 12.1 Å². The lowest BCUT2D eigenvalue weighted by Gasteiger charge is -2.10. The molecule has 1 N–H and O–H groups in total. The molecule has 0 bridgehead atoms. The van der Waals surface area contributed by atoms with Crippen LogP contribution in [0.3, 0.4) is 0 Å². The molecule has 5 heteroatoms. The first-order chi connectivity index (χ1) is 9.01. The average molecular weight is 265 g/mol. The summed E-state index contributed by atoms with van der Waals surface area (Å²) in [6.07, 6.45) is 3.02. The van der Waals surface area contributed by atoms with Crippen molar-refractivity contribution >= 4 is 18.0 Å². The van der Waals surface area contributed by atoms with E-state index < -0.39 is 0 Å². The molecule has 19 heavy (non-hydrogen) atoms. The third-order valence-electron chi connectivity index (χ3n) is 2.39. The second-order valence-electron chi connectivity index (χ2n) is 4.07. The fraction of sp³-hybridized carbons (Fsp3) is 0.286. The number of ether oxygens (including phenoxy) is 1. The molecule has 1 unspecified atom stereocenters. The van der Waals surface area contributed by atoms with Crippen LogP contribution in [0, 0.1) is 5.82 Å². The van der Waals surface area contributed by atoms with Gasteiger partial charge < -0.3 is 10.1 Å². The molecule has 102 valence electrons. The van der Waals surface area contributed by atoms with Crippen LogP contribution < -0.4 is 5.32 Å². The highest BCUT2D eigenvalue weighted by molar-refractivity contribution is 5.92. The summed E-state index contributed by atoms with van der Waals surface area (Å²) in [5.74, 6) is -1.02. The molecule has 0 aromatic heterocycles. The molecule has 1 aromatic rings. The first-order valence-electron chi connectivity index (χ1n) is 5.82. The molecular weight excluding hydrogens is 249 g/mol. The average Bonchev–Trinajstić information content (AvgIpc) is 2.37. The van der Waals surface area contributed by atoms with Gasteiger partial charge in [-0.1, -0.05) is 12.1 Å². The summed E-state index contributed by atoms with van der Waals surface area (Å²) < 4.78 is 17.2. The van der Waals surface area contributed by atoms with E-state index >= 15 is 0 Å². The Labute approximate surface area is 111 Å². The minimum Gasteiger partial charge on any atom is -0.469 e. The van der Waals surface area contributed by atoms with Crippen LogP contribution in [-0.4, -0.2) is 25.0 Å². The van der Waals surface area contributed by atoms with Crippen molar-refractivity contribution in [3.05, 3.63) is 41.7 Å². The van der Waals surface area contributed by atoms with Crippen molar-refractivity contribution in [2.24, 2.45) is 0 Å². The quantitative estimate of drug-likeness (QED) is 0.653. The molecule has 1 aromatic carbocycles. The summed E-state index contributed by atoms with van der Waals surface area (Å²) in [7, 11) is 1.30. The number of methoxy groups -OCH3 is 1. The lowest BCUT2D eigenvalue weighted by molar-refractivity contribution is -0.141. The maximum Gasteiger partial charge on any atom is 0.307 e. The summed E-state index contributed by atoms with van der Waals surface area (Å²) >= 11 is 0. The molecule has 0 aliphatic heterocycles. The van der Waals surface area contributed by atoms with Crippen LogP contribution in [0.2, 0.25) is 0 Å². The number of hydrogen-bond acceptors (Lipinski definition) is 3. The van der Waals surface area contributed by atoms with Crippen LogP contribution in [0.1, 0.15) is 18.9 Å². The van der Waals surface area contributed by atoms with E-state index in [1.165, 1.54) is 25.3 Å². The zero-order valence-corrected chi connectivity index (χ0v) is 10.9. The molecule has 4 nitrogen and oxygen atoms in total. The van der Waals surface area contributed by atoms with Gasteiger partial charge in [0.05, 0.1) is 13.5 Å². The Balaban J connectivity index is 2.46. The van der Waals surface area contributed by atoms with Gasteiger partial charge in [-0.05, 0) is 30.7 Å². The van der Waals surface area contributed by atoms with Crippen LogP contribution in [0.5, 0.6) is 0 Å². The van der Waals surface area contributed by atoms with E-state index in [1.807, 2.05) is 0 Å². The molecule has 1 rings (SSSR count). The Morgan fingerprint density at radius 1 is 1.37 bits per heavy atom. The number of nitrogens with one attached hydrogen (secondary N) is 1. The molecular formula is C14H16FNO3. The fourth-order valence-corrected chi connectivity index (χ4v) is 1.42. The number of hydrogen-bond donors (Lipinski definition) is 1. The number of carbonyl (C=O) groups excluding carboxylic acids is 2. The standard InChI is InChI=1S/C14H16FNO3/c1-10(9-14(18)19-2)16-13(17)8-5-11-3-6-12(15)7-4-11/h3-8,10H,9H2,1-2H3,(H,16,17)/b8-5+. The van der Waals surface area contributed by atoms with Gasteiger partial charge in [0.2, 0.25) is 5.91 Å². The molecule has 0 heterocycles. The molecule has 0 saturated heterocycles. The monoisotopic (exact) mass is 265 g/mol. The van der Waals surface area contributed by atoms with Gasteiger partial charge in [-0.15, -0.1) is 0 Å². The lowest BCUT2D eigenvalue weighted by atomic mass is 10.2. The first-order valence-corrected chi connectivity index (χ1v) is 5.82. The van der Waals surface area contributed by atoms with Crippen molar-refractivity contribution in [3.63, 3.8) is 0 Å². The van der Waals surface area contributed by atoms with Crippen molar-refractivity contribution in [2.45, 2.75) is 19.4 Å². The van der Waals surface area contributed by atoms with E-state index in [0.717, 1.165) is 5.56 Å². The second-order valence-corrected chi connectivity index (χ2v) is 4.07. The SMILES string of the molecule is COC(=O)CC(C)NC(=O)/C=C/c1ccc(F)cc1. The Bertz CT molecular complexity index is 468. The van der Waals surface area contributed by atoms with Gasteiger partial charge >= 0.3 is 5.97 Å². The van der Waals surface area contributed by atoms with Gasteiger partial charge in [0.15, 0.2) is 0 Å². The Kier molecular flexibility index (Phi) is 5.73. The highest BCUT2D eigenvalue weighted by Gasteiger charge is 2.10. The topological polar surface area (TPSA) is 55.4 Å². The molecule has 1 atom stereocenters. The van der Waals surface area contributed by atoms with E-state index in [9.17, 15) is 14.0 Å². The summed E-state index contributed by atoms with van der Waals surface area (Å²) in [4.78, 5) is 22.5. The number of esters is 1. The highest BCUT2D eigenvalue weighted by atomic mass is 19.1. The van der Waals surface area contributed by atoms with Crippen LogP contribution in [0.4, 0.5) is 4.39 Å². The largest absolute Gasteiger partial charge is 0.469 e. The first kappa shape index (κ1) is 14.9. The van der Waals surface area contributed by atoms with Crippen molar-refractivity contribution in [1.82, 2.24) is 5.32 Å².